The highest BCUT2D eigenvalue weighted by Crippen LogP contribution is 2.36. The molecule has 0 unspecified atom stereocenters. The Labute approximate surface area is 176 Å². The van der Waals surface area contributed by atoms with E-state index in [9.17, 15) is 14.9 Å². The number of nitriles is 1. The van der Waals surface area contributed by atoms with E-state index in [4.69, 9.17) is 10.5 Å². The van der Waals surface area contributed by atoms with Crippen LogP contribution in [-0.4, -0.2) is 17.6 Å². The Bertz CT molecular complexity index is 1380. The molecule has 0 saturated carbocycles. The summed E-state index contributed by atoms with van der Waals surface area (Å²) in [4.78, 5) is 25.8. The Morgan fingerprint density at radius 3 is 2.40 bits per heavy atom. The molecule has 1 aliphatic rings. The number of carbonyl (C=O) groups excluding carboxylic acids is 1. The normalized spacial score (nSPS) is 16.2. The number of thiazole rings is 1. The average molecular weight is 415 g/mol. The van der Waals surface area contributed by atoms with Crippen LogP contribution in [0.5, 0.6) is 0 Å². The Balaban J connectivity index is 2.10. The van der Waals surface area contributed by atoms with Crippen molar-refractivity contribution in [2.75, 3.05) is 7.11 Å². The van der Waals surface area contributed by atoms with Gasteiger partial charge in [0.2, 0.25) is 0 Å². The fraction of sp³-hybridized carbons (Fsp3) is 0.0870. The van der Waals surface area contributed by atoms with Gasteiger partial charge in [-0.25, -0.2) is 4.79 Å². The molecule has 0 bridgehead atoms. The standard InChI is InChI=1S/C23H17N3O3S/c1-29-23(28)19-18(15-10-6-3-7-11-15)16(13-24)22-26(20(19)25)21(27)17(30-22)12-14-8-4-2-5-9-14/h2-12,18H,25H2,1H3/b17-12+/t18-/m0/s1. The van der Waals surface area contributed by atoms with Crippen LogP contribution in [0.4, 0.5) is 0 Å². The first-order valence-electron chi connectivity index (χ1n) is 9.13. The zero-order valence-electron chi connectivity index (χ0n) is 16.0. The van der Waals surface area contributed by atoms with Crippen molar-refractivity contribution in [3.8, 4) is 6.07 Å². The third kappa shape index (κ3) is 3.13. The topological polar surface area (TPSA) is 98.1 Å². The summed E-state index contributed by atoms with van der Waals surface area (Å²) in [6.45, 7) is 0. The van der Waals surface area contributed by atoms with Crippen LogP contribution in [0.2, 0.25) is 0 Å². The maximum Gasteiger partial charge on any atom is 0.338 e. The number of nitrogens with zero attached hydrogens (tertiary/aromatic N) is 2. The molecule has 1 atom stereocenters. The van der Waals surface area contributed by atoms with Gasteiger partial charge in [-0.3, -0.25) is 9.36 Å². The van der Waals surface area contributed by atoms with Crippen LogP contribution < -0.4 is 20.5 Å². The van der Waals surface area contributed by atoms with Crippen LogP contribution in [0.3, 0.4) is 0 Å². The summed E-state index contributed by atoms with van der Waals surface area (Å²) in [5, 5.41) is 10.00. The van der Waals surface area contributed by atoms with E-state index in [0.717, 1.165) is 11.1 Å². The summed E-state index contributed by atoms with van der Waals surface area (Å²) >= 11 is 1.18. The van der Waals surface area contributed by atoms with Crippen LogP contribution in [0.25, 0.3) is 17.5 Å². The van der Waals surface area contributed by atoms with Crippen molar-refractivity contribution in [1.82, 2.24) is 4.57 Å². The minimum absolute atomic E-state index is 0.0151. The smallest absolute Gasteiger partial charge is 0.338 e. The van der Waals surface area contributed by atoms with Crippen molar-refractivity contribution in [2.45, 2.75) is 5.92 Å². The van der Waals surface area contributed by atoms with Gasteiger partial charge in [0, 0.05) is 0 Å². The van der Waals surface area contributed by atoms with Gasteiger partial charge in [-0.15, -0.1) is 11.3 Å². The number of fused-ring (bicyclic) bond motifs is 1. The van der Waals surface area contributed by atoms with E-state index in [1.165, 1.54) is 23.0 Å². The van der Waals surface area contributed by atoms with Crippen LogP contribution in [0.15, 0.2) is 71.0 Å². The number of carbonyl (C=O) groups is 1. The molecule has 30 heavy (non-hydrogen) atoms. The number of rotatable bonds is 3. The van der Waals surface area contributed by atoms with E-state index in [2.05, 4.69) is 6.07 Å². The molecule has 0 aliphatic carbocycles. The van der Waals surface area contributed by atoms with Crippen LogP contribution in [-0.2, 0) is 9.53 Å². The van der Waals surface area contributed by atoms with Crippen LogP contribution >= 0.6 is 11.3 Å². The van der Waals surface area contributed by atoms with Gasteiger partial charge < -0.3 is 10.5 Å². The largest absolute Gasteiger partial charge is 0.466 e. The number of ether oxygens (including phenoxy) is 1. The summed E-state index contributed by atoms with van der Waals surface area (Å²) in [7, 11) is 1.25. The SMILES string of the molecule is COC(=O)C1=C(N)n2c(s/c(=C/c3ccccc3)c2=O)=C(C#N)[C@@H]1c1ccccc1. The molecular formula is C23H17N3O3S. The van der Waals surface area contributed by atoms with Crippen LogP contribution in [0, 0.1) is 11.3 Å². The average Bonchev–Trinajstić information content (AvgIpc) is 3.10. The number of benzene rings is 2. The third-order valence-corrected chi connectivity index (χ3v) is 6.01. The third-order valence-electron chi connectivity index (χ3n) is 4.90. The predicted octanol–water partition coefficient (Wildman–Crippen LogP) is 1.51. The van der Waals surface area contributed by atoms with Gasteiger partial charge in [0.25, 0.3) is 5.56 Å². The van der Waals surface area contributed by atoms with E-state index in [1.54, 1.807) is 6.08 Å². The van der Waals surface area contributed by atoms with Crippen molar-refractivity contribution in [3.63, 3.8) is 0 Å². The predicted molar refractivity (Wildman–Crippen MR) is 115 cm³/mol. The number of hydrogen-bond donors (Lipinski definition) is 1. The van der Waals surface area contributed by atoms with Crippen molar-refractivity contribution >= 4 is 34.8 Å². The van der Waals surface area contributed by atoms with Gasteiger partial charge in [-0.2, -0.15) is 5.26 Å². The molecule has 0 fully saturated rings. The van der Waals surface area contributed by atoms with Crippen molar-refractivity contribution in [3.05, 3.63) is 96.9 Å². The molecule has 0 radical (unpaired) electrons. The summed E-state index contributed by atoms with van der Waals surface area (Å²) < 4.78 is 7.02. The molecule has 7 heteroatoms. The summed E-state index contributed by atoms with van der Waals surface area (Å²) in [5.74, 6) is -1.41. The molecular weight excluding hydrogens is 398 g/mol. The van der Waals surface area contributed by atoms with Crippen molar-refractivity contribution in [1.29, 1.82) is 5.26 Å². The number of hydrogen-bond acceptors (Lipinski definition) is 6. The van der Waals surface area contributed by atoms with Gasteiger partial charge in [0.15, 0.2) is 0 Å². The van der Waals surface area contributed by atoms with E-state index in [1.807, 2.05) is 60.7 Å². The Hall–Kier alpha value is -3.89. The van der Waals surface area contributed by atoms with E-state index in [0.29, 0.717) is 9.20 Å². The summed E-state index contributed by atoms with van der Waals surface area (Å²) in [6, 6.07) is 20.7. The molecule has 3 aromatic rings. The first kappa shape index (κ1) is 19.4. The number of methoxy groups -OCH3 is 1. The second-order valence-electron chi connectivity index (χ2n) is 6.63. The quantitative estimate of drug-likeness (QED) is 0.654. The molecule has 0 spiro atoms. The van der Waals surface area contributed by atoms with Gasteiger partial charge in [0.1, 0.15) is 10.5 Å². The number of nitrogens with two attached hydrogens (primary N) is 1. The second-order valence-corrected chi connectivity index (χ2v) is 7.66. The minimum atomic E-state index is -0.716. The Morgan fingerprint density at radius 1 is 1.17 bits per heavy atom. The summed E-state index contributed by atoms with van der Waals surface area (Å²) in [5.41, 5.74) is 7.89. The van der Waals surface area contributed by atoms with Gasteiger partial charge >= 0.3 is 5.97 Å². The monoisotopic (exact) mass is 415 g/mol. The zero-order valence-corrected chi connectivity index (χ0v) is 16.8. The number of esters is 1. The lowest BCUT2D eigenvalue weighted by molar-refractivity contribution is -0.136. The molecule has 0 saturated heterocycles. The molecule has 148 valence electrons. The highest BCUT2D eigenvalue weighted by molar-refractivity contribution is 7.07. The minimum Gasteiger partial charge on any atom is -0.466 e. The fourth-order valence-corrected chi connectivity index (χ4v) is 4.67. The first-order chi connectivity index (χ1) is 14.6. The highest BCUT2D eigenvalue weighted by Gasteiger charge is 2.36. The van der Waals surface area contributed by atoms with Crippen molar-refractivity contribution < 1.29 is 9.53 Å². The highest BCUT2D eigenvalue weighted by atomic mass is 32.1. The van der Waals surface area contributed by atoms with Crippen LogP contribution in [0.1, 0.15) is 17.0 Å². The molecule has 1 aromatic heterocycles. The van der Waals surface area contributed by atoms with E-state index in [-0.39, 0.29) is 22.5 Å². The van der Waals surface area contributed by atoms with Gasteiger partial charge in [0.05, 0.1) is 34.8 Å². The molecule has 2 aromatic carbocycles. The fourth-order valence-electron chi connectivity index (χ4n) is 3.54. The van der Waals surface area contributed by atoms with Gasteiger partial charge in [-0.05, 0) is 17.2 Å². The Morgan fingerprint density at radius 2 is 1.80 bits per heavy atom. The molecule has 2 N–H and O–H groups in total. The maximum atomic E-state index is 13.1. The maximum absolute atomic E-state index is 13.1. The molecule has 4 rings (SSSR count). The lowest BCUT2D eigenvalue weighted by atomic mass is 9.84. The Kier molecular flexibility index (Phi) is 5.09. The molecule has 0 amide bonds. The second kappa shape index (κ2) is 7.85. The molecule has 1 aliphatic heterocycles. The lowest BCUT2D eigenvalue weighted by Crippen LogP contribution is -2.40. The summed E-state index contributed by atoms with van der Waals surface area (Å²) in [6.07, 6.45) is 1.75. The zero-order chi connectivity index (χ0) is 21.3. The first-order valence-corrected chi connectivity index (χ1v) is 9.94. The van der Waals surface area contributed by atoms with E-state index < -0.39 is 11.9 Å². The van der Waals surface area contributed by atoms with Crippen molar-refractivity contribution in [2.24, 2.45) is 5.73 Å². The van der Waals surface area contributed by atoms with E-state index >= 15 is 0 Å². The lowest BCUT2D eigenvalue weighted by Gasteiger charge is -2.24. The molecule has 2 heterocycles. The number of aromatic nitrogens is 1. The molecule has 6 nitrogen and oxygen atoms in total. The van der Waals surface area contributed by atoms with Gasteiger partial charge in [-0.1, -0.05) is 60.7 Å².